The number of hydrogen-bond acceptors (Lipinski definition) is 6. The van der Waals surface area contributed by atoms with Crippen LogP contribution in [0, 0.1) is 0 Å². The number of hydrogen-bond donors (Lipinski definition) is 0. The summed E-state index contributed by atoms with van der Waals surface area (Å²) in [5.41, 5.74) is 2.11. The Balaban J connectivity index is 1.58. The summed E-state index contributed by atoms with van der Waals surface area (Å²) in [4.78, 5) is 12.4. The lowest BCUT2D eigenvalue weighted by atomic mass is 10.0. The highest BCUT2D eigenvalue weighted by Crippen LogP contribution is 2.14. The monoisotopic (exact) mass is 570 g/mol. The number of benzene rings is 2. The Kier molecular flexibility index (Phi) is 20.5. The molecular weight excluding hydrogens is 516 g/mol. The normalized spacial score (nSPS) is 11.9. The summed E-state index contributed by atoms with van der Waals surface area (Å²) >= 11 is 0. The fraction of sp³-hybridized carbons (Fsp3) is 0.629. The quantitative estimate of drug-likeness (QED) is 0.0640. The van der Waals surface area contributed by atoms with Crippen LogP contribution in [0.4, 0.5) is 0 Å². The molecule has 0 fully saturated rings. The van der Waals surface area contributed by atoms with Crippen LogP contribution >= 0.6 is 0 Å². The van der Waals surface area contributed by atoms with E-state index in [1.165, 1.54) is 70.6 Å². The molecule has 0 bridgehead atoms. The van der Waals surface area contributed by atoms with E-state index >= 15 is 0 Å². The lowest BCUT2D eigenvalue weighted by Gasteiger charge is -2.18. The molecule has 0 radical (unpaired) electrons. The van der Waals surface area contributed by atoms with Crippen molar-refractivity contribution in [2.24, 2.45) is 0 Å². The third-order valence-electron chi connectivity index (χ3n) is 7.14. The molecule has 41 heavy (non-hydrogen) atoms. The van der Waals surface area contributed by atoms with Gasteiger partial charge in [0.05, 0.1) is 26.9 Å². The van der Waals surface area contributed by atoms with Gasteiger partial charge in [0.1, 0.15) is 25.3 Å². The van der Waals surface area contributed by atoms with Gasteiger partial charge in [0.15, 0.2) is 0 Å². The molecule has 230 valence electrons. The van der Waals surface area contributed by atoms with E-state index in [4.69, 9.17) is 23.7 Å². The number of unbranched alkanes of at least 4 members (excludes halogenated alkanes) is 12. The molecule has 0 saturated heterocycles. The zero-order valence-corrected chi connectivity index (χ0v) is 25.7. The molecule has 2 rings (SSSR count). The Hall–Kier alpha value is -2.41. The first-order valence-electron chi connectivity index (χ1n) is 15.8. The van der Waals surface area contributed by atoms with Gasteiger partial charge in [-0.2, -0.15) is 0 Å². The van der Waals surface area contributed by atoms with Crippen LogP contribution in [-0.4, -0.2) is 39.2 Å². The maximum Gasteiger partial charge on any atom is 0.305 e. The van der Waals surface area contributed by atoms with Crippen molar-refractivity contribution >= 4 is 5.97 Å². The maximum absolute atomic E-state index is 12.4. The molecule has 1 atom stereocenters. The van der Waals surface area contributed by atoms with Crippen LogP contribution in [0.5, 0.6) is 5.75 Å². The molecule has 0 aliphatic rings. The van der Waals surface area contributed by atoms with Gasteiger partial charge in [0.25, 0.3) is 0 Å². The standard InChI is InChI=1S/C35H54O6/c1-3-4-5-6-7-8-9-10-11-12-13-14-18-21-35(36)40-29-34(41-30-39-27-31-19-16-15-17-20-31)28-38-26-32-22-24-33(37-2)25-23-32/h15-17,19-20,22-25,34H,3-14,18,21,26-30H2,1-2H3/t34-/m0/s1. The molecule has 2 aromatic rings. The van der Waals surface area contributed by atoms with E-state index in [-0.39, 0.29) is 19.4 Å². The second-order valence-electron chi connectivity index (χ2n) is 10.8. The summed E-state index contributed by atoms with van der Waals surface area (Å²) < 4.78 is 28.2. The molecule has 0 aliphatic heterocycles. The number of esters is 1. The largest absolute Gasteiger partial charge is 0.497 e. The van der Waals surface area contributed by atoms with Gasteiger partial charge in [0.2, 0.25) is 0 Å². The first-order chi connectivity index (χ1) is 20.2. The summed E-state index contributed by atoms with van der Waals surface area (Å²) in [6.07, 6.45) is 16.7. The molecule has 0 N–H and O–H groups in total. The minimum Gasteiger partial charge on any atom is -0.497 e. The topological polar surface area (TPSA) is 63.2 Å². The summed E-state index contributed by atoms with van der Waals surface area (Å²) in [6.45, 7) is 3.70. The number of ether oxygens (including phenoxy) is 5. The number of rotatable bonds is 26. The summed E-state index contributed by atoms with van der Waals surface area (Å²) in [6, 6.07) is 17.7. The van der Waals surface area contributed by atoms with Gasteiger partial charge in [-0.3, -0.25) is 4.79 Å². The van der Waals surface area contributed by atoms with E-state index in [1.54, 1.807) is 7.11 Å². The molecular formula is C35H54O6. The first kappa shape index (κ1) is 34.8. The van der Waals surface area contributed by atoms with Crippen molar-refractivity contribution in [3.05, 3.63) is 65.7 Å². The van der Waals surface area contributed by atoms with Crippen molar-refractivity contribution in [1.82, 2.24) is 0 Å². The predicted molar refractivity (Wildman–Crippen MR) is 165 cm³/mol. The lowest BCUT2D eigenvalue weighted by Crippen LogP contribution is -2.28. The van der Waals surface area contributed by atoms with Gasteiger partial charge in [0, 0.05) is 6.42 Å². The van der Waals surface area contributed by atoms with Crippen molar-refractivity contribution in [3.8, 4) is 5.75 Å². The van der Waals surface area contributed by atoms with E-state index in [2.05, 4.69) is 6.92 Å². The van der Waals surface area contributed by atoms with Gasteiger partial charge in [-0.1, -0.05) is 126 Å². The lowest BCUT2D eigenvalue weighted by molar-refractivity contribution is -0.160. The predicted octanol–water partition coefficient (Wildman–Crippen LogP) is 8.80. The highest BCUT2D eigenvalue weighted by atomic mass is 16.7. The second kappa shape index (κ2) is 24.2. The van der Waals surface area contributed by atoms with Crippen LogP contribution in [0.2, 0.25) is 0 Å². The third kappa shape index (κ3) is 18.6. The minimum absolute atomic E-state index is 0.0991. The fourth-order valence-electron chi connectivity index (χ4n) is 4.60. The Labute approximate surface area is 249 Å². The van der Waals surface area contributed by atoms with Gasteiger partial charge < -0.3 is 23.7 Å². The zero-order chi connectivity index (χ0) is 29.2. The average Bonchev–Trinajstić information content (AvgIpc) is 3.00. The van der Waals surface area contributed by atoms with E-state index in [9.17, 15) is 4.79 Å². The minimum atomic E-state index is -0.403. The number of carbonyl (C=O) groups excluding carboxylic acids is 1. The van der Waals surface area contributed by atoms with Gasteiger partial charge in [-0.05, 0) is 29.7 Å². The van der Waals surface area contributed by atoms with E-state index in [1.807, 2.05) is 54.6 Å². The smallest absolute Gasteiger partial charge is 0.305 e. The van der Waals surface area contributed by atoms with Crippen LogP contribution in [0.25, 0.3) is 0 Å². The third-order valence-corrected chi connectivity index (χ3v) is 7.14. The van der Waals surface area contributed by atoms with Gasteiger partial charge in [-0.25, -0.2) is 0 Å². The molecule has 0 unspecified atom stereocenters. The molecule has 0 heterocycles. The van der Waals surface area contributed by atoms with Gasteiger partial charge in [-0.15, -0.1) is 0 Å². The van der Waals surface area contributed by atoms with Gasteiger partial charge >= 0.3 is 5.97 Å². The van der Waals surface area contributed by atoms with E-state index in [0.717, 1.165) is 29.7 Å². The average molecular weight is 571 g/mol. The van der Waals surface area contributed by atoms with E-state index in [0.29, 0.717) is 26.2 Å². The zero-order valence-electron chi connectivity index (χ0n) is 25.7. The van der Waals surface area contributed by atoms with Crippen molar-refractivity contribution in [3.63, 3.8) is 0 Å². The second-order valence-corrected chi connectivity index (χ2v) is 10.8. The van der Waals surface area contributed by atoms with Crippen molar-refractivity contribution in [1.29, 1.82) is 0 Å². The van der Waals surface area contributed by atoms with Crippen LogP contribution in [0.1, 0.15) is 108 Å². The first-order valence-corrected chi connectivity index (χ1v) is 15.8. The SMILES string of the molecule is CCCCCCCCCCCCCCCC(=O)OC[C@H](COCc1ccc(OC)cc1)OCOCc1ccccc1. The summed E-state index contributed by atoms with van der Waals surface area (Å²) in [5.74, 6) is 0.628. The highest BCUT2D eigenvalue weighted by Gasteiger charge is 2.14. The Morgan fingerprint density at radius 1 is 0.659 bits per heavy atom. The van der Waals surface area contributed by atoms with Crippen LogP contribution in [0.15, 0.2) is 54.6 Å². The van der Waals surface area contributed by atoms with E-state index < -0.39 is 6.10 Å². The van der Waals surface area contributed by atoms with Crippen LogP contribution in [0.3, 0.4) is 0 Å². The van der Waals surface area contributed by atoms with Crippen molar-refractivity contribution in [2.75, 3.05) is 27.1 Å². The molecule has 0 aliphatic carbocycles. The van der Waals surface area contributed by atoms with Crippen LogP contribution in [-0.2, 0) is 37.0 Å². The summed E-state index contributed by atoms with van der Waals surface area (Å²) in [7, 11) is 1.65. The molecule has 0 aromatic heterocycles. The molecule has 6 heteroatoms. The van der Waals surface area contributed by atoms with Crippen molar-refractivity contribution in [2.45, 2.75) is 116 Å². The Bertz CT molecular complexity index is 870. The summed E-state index contributed by atoms with van der Waals surface area (Å²) in [5, 5.41) is 0. The molecule has 2 aromatic carbocycles. The fourth-order valence-corrected chi connectivity index (χ4v) is 4.60. The molecule has 0 spiro atoms. The molecule has 0 saturated carbocycles. The Morgan fingerprint density at radius 2 is 1.22 bits per heavy atom. The highest BCUT2D eigenvalue weighted by molar-refractivity contribution is 5.69. The number of carbonyl (C=O) groups is 1. The number of methoxy groups -OCH3 is 1. The Morgan fingerprint density at radius 3 is 1.83 bits per heavy atom. The molecule has 0 amide bonds. The maximum atomic E-state index is 12.4. The molecule has 6 nitrogen and oxygen atoms in total. The van der Waals surface area contributed by atoms with Crippen LogP contribution < -0.4 is 4.74 Å². The van der Waals surface area contributed by atoms with Crippen molar-refractivity contribution < 1.29 is 28.5 Å².